The zero-order valence-corrected chi connectivity index (χ0v) is 17.6. The van der Waals surface area contributed by atoms with Crippen molar-refractivity contribution < 1.29 is 17.6 Å². The average molecular weight is 443 g/mol. The topological polar surface area (TPSA) is 107 Å². The second kappa shape index (κ2) is 8.60. The minimum absolute atomic E-state index is 0.109. The molecule has 0 atom stereocenters. The number of carbonyl (C=O) groups excluding carboxylic acids is 1. The lowest BCUT2D eigenvalue weighted by Gasteiger charge is -2.11. The first-order chi connectivity index (χ1) is 14.8. The number of aromatic nitrogens is 2. The number of halogens is 1. The van der Waals surface area contributed by atoms with Crippen LogP contribution in [0.4, 0.5) is 10.1 Å². The predicted octanol–water partition coefficient (Wildman–Crippen LogP) is 3.63. The maximum absolute atomic E-state index is 13.8. The van der Waals surface area contributed by atoms with Crippen LogP contribution in [0, 0.1) is 5.82 Å². The van der Waals surface area contributed by atoms with E-state index >= 15 is 0 Å². The number of carbonyl (C=O) groups is 1. The summed E-state index contributed by atoms with van der Waals surface area (Å²) in [6.45, 7) is 0. The predicted molar refractivity (Wildman–Crippen MR) is 115 cm³/mol. The lowest BCUT2D eigenvalue weighted by atomic mass is 10.1. The first kappa shape index (κ1) is 21.2. The van der Waals surface area contributed by atoms with E-state index in [2.05, 4.69) is 10.4 Å². The molecule has 7 nitrogen and oxygen atoms in total. The van der Waals surface area contributed by atoms with Gasteiger partial charge in [-0.05, 0) is 36.6 Å². The minimum atomic E-state index is -4.06. The Kier molecular flexibility index (Phi) is 5.88. The van der Waals surface area contributed by atoms with Crippen LogP contribution in [-0.2, 0) is 21.2 Å². The lowest BCUT2D eigenvalue weighted by molar-refractivity contribution is -0.115. The molecule has 3 aromatic rings. The van der Waals surface area contributed by atoms with Crippen molar-refractivity contribution in [3.63, 3.8) is 0 Å². The Labute approximate surface area is 180 Å². The summed E-state index contributed by atoms with van der Waals surface area (Å²) >= 11 is 0. The largest absolute Gasteiger partial charge is 0.326 e. The van der Waals surface area contributed by atoms with Gasteiger partial charge in [0.2, 0.25) is 15.9 Å². The number of nitrogens with one attached hydrogen (secondary N) is 1. The Bertz CT molecular complexity index is 1220. The lowest BCUT2D eigenvalue weighted by Crippen LogP contribution is -2.17. The molecule has 3 N–H and O–H groups in total. The first-order valence-electron chi connectivity index (χ1n) is 10.1. The average Bonchev–Trinajstić information content (AvgIpc) is 3.41. The van der Waals surface area contributed by atoms with Crippen LogP contribution < -0.4 is 10.5 Å². The quantitative estimate of drug-likeness (QED) is 0.608. The molecule has 9 heteroatoms. The second-order valence-corrected chi connectivity index (χ2v) is 9.25. The smallest absolute Gasteiger partial charge is 0.238 e. The molecule has 0 unspecified atom stereocenters. The number of anilines is 1. The summed E-state index contributed by atoms with van der Waals surface area (Å²) in [5.74, 6) is -0.940. The molecule has 1 heterocycles. The van der Waals surface area contributed by atoms with Gasteiger partial charge in [-0.3, -0.25) is 9.48 Å². The number of sulfonamides is 1. The highest BCUT2D eigenvalue weighted by molar-refractivity contribution is 7.89. The fourth-order valence-electron chi connectivity index (χ4n) is 3.94. The molecular formula is C22H23FN4O3S. The summed E-state index contributed by atoms with van der Waals surface area (Å²) in [7, 11) is -4.06. The summed E-state index contributed by atoms with van der Waals surface area (Å²) in [4.78, 5) is 12.2. The number of hydrogen-bond donors (Lipinski definition) is 2. The van der Waals surface area contributed by atoms with Crippen LogP contribution >= 0.6 is 0 Å². The molecule has 1 fully saturated rings. The van der Waals surface area contributed by atoms with E-state index in [0.717, 1.165) is 25.7 Å². The van der Waals surface area contributed by atoms with Crippen molar-refractivity contribution in [2.75, 3.05) is 5.32 Å². The Morgan fingerprint density at radius 3 is 2.65 bits per heavy atom. The zero-order chi connectivity index (χ0) is 22.0. The Hall–Kier alpha value is -3.04. The third kappa shape index (κ3) is 4.83. The maximum atomic E-state index is 13.8. The molecule has 0 aliphatic heterocycles. The van der Waals surface area contributed by atoms with Crippen molar-refractivity contribution in [3.05, 3.63) is 66.2 Å². The summed E-state index contributed by atoms with van der Waals surface area (Å²) in [6.07, 6.45) is 7.70. The standard InChI is InChI=1S/C22H23FN4O3S/c23-20-8-4-1-5-15(20)11-22(28)26-17-9-10-19(21(12-17)31(24,29)30)16-13-25-27(14-16)18-6-2-3-7-18/h1,4-5,8-10,12-14,18H,2-3,6-7,11H2,(H,26,28)(H2,24,29,30). The highest BCUT2D eigenvalue weighted by Crippen LogP contribution is 2.33. The third-order valence-electron chi connectivity index (χ3n) is 5.49. The molecule has 1 aromatic heterocycles. The highest BCUT2D eigenvalue weighted by Gasteiger charge is 2.21. The maximum Gasteiger partial charge on any atom is 0.238 e. The van der Waals surface area contributed by atoms with Gasteiger partial charge in [0.15, 0.2) is 0 Å². The normalized spacial score (nSPS) is 14.6. The molecule has 162 valence electrons. The molecule has 1 saturated carbocycles. The van der Waals surface area contributed by atoms with E-state index in [1.807, 2.05) is 10.9 Å². The summed E-state index contributed by atoms with van der Waals surface area (Å²) in [5, 5.41) is 12.5. The van der Waals surface area contributed by atoms with E-state index in [-0.39, 0.29) is 22.6 Å². The first-order valence-corrected chi connectivity index (χ1v) is 11.6. The number of nitrogens with two attached hydrogens (primary N) is 1. The molecule has 4 rings (SSSR count). The van der Waals surface area contributed by atoms with Gasteiger partial charge in [-0.15, -0.1) is 0 Å². The van der Waals surface area contributed by atoms with E-state index < -0.39 is 21.7 Å². The number of benzene rings is 2. The fourth-order valence-corrected chi connectivity index (χ4v) is 4.72. The van der Waals surface area contributed by atoms with Crippen molar-refractivity contribution in [2.24, 2.45) is 5.14 Å². The number of primary sulfonamides is 1. The van der Waals surface area contributed by atoms with Crippen LogP contribution in [-0.4, -0.2) is 24.1 Å². The van der Waals surface area contributed by atoms with Crippen molar-refractivity contribution in [1.29, 1.82) is 0 Å². The van der Waals surface area contributed by atoms with Crippen LogP contribution in [0.2, 0.25) is 0 Å². The van der Waals surface area contributed by atoms with Gasteiger partial charge in [-0.1, -0.05) is 37.1 Å². The van der Waals surface area contributed by atoms with Gasteiger partial charge in [0.1, 0.15) is 5.82 Å². The van der Waals surface area contributed by atoms with Crippen molar-refractivity contribution in [1.82, 2.24) is 9.78 Å². The number of amides is 1. The Balaban J connectivity index is 1.59. The van der Waals surface area contributed by atoms with Crippen LogP contribution in [0.5, 0.6) is 0 Å². The number of nitrogens with zero attached hydrogens (tertiary/aromatic N) is 2. The molecule has 0 spiro atoms. The summed E-state index contributed by atoms with van der Waals surface area (Å²) in [5.41, 5.74) is 1.57. The van der Waals surface area contributed by atoms with Gasteiger partial charge in [0, 0.05) is 23.0 Å². The fraction of sp³-hybridized carbons (Fsp3) is 0.273. The molecular weight excluding hydrogens is 419 g/mol. The monoisotopic (exact) mass is 442 g/mol. The second-order valence-electron chi connectivity index (χ2n) is 7.72. The molecule has 0 saturated heterocycles. The summed E-state index contributed by atoms with van der Waals surface area (Å²) in [6, 6.07) is 10.8. The van der Waals surface area contributed by atoms with Crippen molar-refractivity contribution in [2.45, 2.75) is 43.0 Å². The van der Waals surface area contributed by atoms with Gasteiger partial charge in [0.25, 0.3) is 0 Å². The molecule has 1 aliphatic carbocycles. The summed E-state index contributed by atoms with van der Waals surface area (Å²) < 4.78 is 40.2. The Morgan fingerprint density at radius 1 is 1.19 bits per heavy atom. The van der Waals surface area contributed by atoms with E-state index in [1.54, 1.807) is 30.5 Å². The molecule has 1 aliphatic rings. The van der Waals surface area contributed by atoms with Gasteiger partial charge >= 0.3 is 0 Å². The number of rotatable bonds is 6. The van der Waals surface area contributed by atoms with Crippen LogP contribution in [0.25, 0.3) is 11.1 Å². The van der Waals surface area contributed by atoms with Gasteiger partial charge in [-0.25, -0.2) is 17.9 Å². The van der Waals surface area contributed by atoms with Crippen LogP contribution in [0.3, 0.4) is 0 Å². The highest BCUT2D eigenvalue weighted by atomic mass is 32.2. The SMILES string of the molecule is NS(=O)(=O)c1cc(NC(=O)Cc2ccccc2F)ccc1-c1cnn(C2CCCC2)c1. The van der Waals surface area contributed by atoms with Crippen molar-refractivity contribution >= 4 is 21.6 Å². The van der Waals surface area contributed by atoms with Gasteiger partial charge in [-0.2, -0.15) is 5.10 Å². The van der Waals surface area contributed by atoms with Gasteiger partial charge < -0.3 is 5.32 Å². The van der Waals surface area contributed by atoms with Gasteiger partial charge in [0.05, 0.1) is 23.6 Å². The van der Waals surface area contributed by atoms with Crippen LogP contribution in [0.1, 0.15) is 37.3 Å². The van der Waals surface area contributed by atoms with E-state index in [0.29, 0.717) is 17.2 Å². The van der Waals surface area contributed by atoms with E-state index in [4.69, 9.17) is 5.14 Å². The Morgan fingerprint density at radius 2 is 1.94 bits per heavy atom. The minimum Gasteiger partial charge on any atom is -0.326 e. The third-order valence-corrected chi connectivity index (χ3v) is 6.44. The van der Waals surface area contributed by atoms with E-state index in [9.17, 15) is 17.6 Å². The molecule has 1 amide bonds. The number of hydrogen-bond acceptors (Lipinski definition) is 4. The zero-order valence-electron chi connectivity index (χ0n) is 16.8. The van der Waals surface area contributed by atoms with Crippen molar-refractivity contribution in [3.8, 4) is 11.1 Å². The molecule has 0 radical (unpaired) electrons. The van der Waals surface area contributed by atoms with Crippen LogP contribution in [0.15, 0.2) is 59.8 Å². The molecule has 0 bridgehead atoms. The molecule has 31 heavy (non-hydrogen) atoms. The molecule has 2 aromatic carbocycles. The van der Waals surface area contributed by atoms with E-state index in [1.165, 1.54) is 18.2 Å².